The molecule has 1 atom stereocenters. The Bertz CT molecular complexity index is 552. The van der Waals surface area contributed by atoms with Crippen molar-refractivity contribution in [2.24, 2.45) is 0 Å². The molecule has 1 aromatic rings. The number of sulfonamides is 1. The van der Waals surface area contributed by atoms with E-state index >= 15 is 0 Å². The van der Waals surface area contributed by atoms with Gasteiger partial charge in [-0.15, -0.1) is 0 Å². The molecule has 7 heteroatoms. The van der Waals surface area contributed by atoms with Gasteiger partial charge in [0.15, 0.2) is 0 Å². The fraction of sp³-hybridized carbons (Fsp3) is 0.538. The number of aliphatic hydroxyl groups excluding tert-OH is 1. The summed E-state index contributed by atoms with van der Waals surface area (Å²) in [7, 11) is -0.911. The summed E-state index contributed by atoms with van der Waals surface area (Å²) in [6.07, 6.45) is 0.487. The van der Waals surface area contributed by atoms with Crippen LogP contribution in [0.2, 0.25) is 0 Å². The predicted molar refractivity (Wildman–Crippen MR) is 75.8 cm³/mol. The van der Waals surface area contributed by atoms with E-state index in [1.54, 1.807) is 19.9 Å². The molecule has 0 amide bonds. The number of benzene rings is 1. The molecule has 0 radical (unpaired) electrons. The first-order valence-corrected chi connectivity index (χ1v) is 7.73. The lowest BCUT2D eigenvalue weighted by atomic mass is 10.2. The van der Waals surface area contributed by atoms with E-state index in [4.69, 9.17) is 14.6 Å². The molecule has 0 fully saturated rings. The zero-order valence-corrected chi connectivity index (χ0v) is 13.0. The highest BCUT2D eigenvalue weighted by Crippen LogP contribution is 2.31. The Hall–Kier alpha value is -1.31. The van der Waals surface area contributed by atoms with Gasteiger partial charge in [0.2, 0.25) is 10.0 Å². The average Bonchev–Trinajstić information content (AvgIpc) is 2.44. The summed E-state index contributed by atoms with van der Waals surface area (Å²) in [5.74, 6) is 0.701. The van der Waals surface area contributed by atoms with Crippen molar-refractivity contribution < 1.29 is 23.0 Å². The van der Waals surface area contributed by atoms with Crippen LogP contribution in [0.1, 0.15) is 18.9 Å². The maximum atomic E-state index is 12.4. The molecule has 2 N–H and O–H groups in total. The van der Waals surface area contributed by atoms with E-state index in [9.17, 15) is 8.42 Å². The summed E-state index contributed by atoms with van der Waals surface area (Å²) in [6, 6.07) is 2.49. The standard InChI is InChI=1S/C13H21NO5S/c1-5-10(8-15)14-20(16,17)13-7-11(18-3)9(2)6-12(13)19-4/h6-7,10,14-15H,5,8H2,1-4H3. The summed E-state index contributed by atoms with van der Waals surface area (Å²) < 4.78 is 37.4. The van der Waals surface area contributed by atoms with Crippen LogP contribution in [0.3, 0.4) is 0 Å². The van der Waals surface area contributed by atoms with E-state index in [0.717, 1.165) is 5.56 Å². The first-order valence-electron chi connectivity index (χ1n) is 6.25. The van der Waals surface area contributed by atoms with Crippen LogP contribution in [0, 0.1) is 6.92 Å². The Morgan fingerprint density at radius 2 is 1.85 bits per heavy atom. The minimum absolute atomic E-state index is 0.00523. The normalized spacial score (nSPS) is 13.1. The van der Waals surface area contributed by atoms with Crippen LogP contribution in [-0.2, 0) is 10.0 Å². The fourth-order valence-electron chi connectivity index (χ4n) is 1.76. The van der Waals surface area contributed by atoms with Gasteiger partial charge in [-0.2, -0.15) is 0 Å². The first kappa shape index (κ1) is 16.7. The van der Waals surface area contributed by atoms with Gasteiger partial charge in [0.1, 0.15) is 16.4 Å². The number of aliphatic hydroxyl groups is 1. The SMILES string of the molecule is CCC(CO)NS(=O)(=O)c1cc(OC)c(C)cc1OC. The molecule has 0 spiro atoms. The third-order valence-corrected chi connectivity index (χ3v) is 4.55. The Balaban J connectivity index is 3.29. The number of nitrogens with one attached hydrogen (secondary N) is 1. The molecule has 0 saturated carbocycles. The Kier molecular flexibility index (Phi) is 5.79. The lowest BCUT2D eigenvalue weighted by Crippen LogP contribution is -2.37. The van der Waals surface area contributed by atoms with Crippen LogP contribution in [0.15, 0.2) is 17.0 Å². The summed E-state index contributed by atoms with van der Waals surface area (Å²) in [5.41, 5.74) is 0.775. The molecule has 114 valence electrons. The molecule has 0 aliphatic heterocycles. The van der Waals surface area contributed by atoms with Crippen LogP contribution < -0.4 is 14.2 Å². The Morgan fingerprint density at radius 1 is 1.25 bits per heavy atom. The van der Waals surface area contributed by atoms with Gasteiger partial charge in [-0.25, -0.2) is 13.1 Å². The van der Waals surface area contributed by atoms with Crippen LogP contribution in [0.4, 0.5) is 0 Å². The van der Waals surface area contributed by atoms with Gasteiger partial charge in [0.25, 0.3) is 0 Å². The van der Waals surface area contributed by atoms with Gasteiger partial charge in [0, 0.05) is 12.1 Å². The van der Waals surface area contributed by atoms with Gasteiger partial charge in [-0.05, 0) is 25.0 Å². The molecule has 1 rings (SSSR count). The number of rotatable bonds is 7. The second-order valence-electron chi connectivity index (χ2n) is 4.38. The van der Waals surface area contributed by atoms with Crippen molar-refractivity contribution >= 4 is 10.0 Å². The molecular formula is C13H21NO5S. The van der Waals surface area contributed by atoms with E-state index in [0.29, 0.717) is 12.2 Å². The lowest BCUT2D eigenvalue weighted by molar-refractivity contribution is 0.253. The van der Waals surface area contributed by atoms with E-state index < -0.39 is 16.1 Å². The maximum Gasteiger partial charge on any atom is 0.244 e. The molecule has 1 aromatic carbocycles. The molecule has 6 nitrogen and oxygen atoms in total. The van der Waals surface area contributed by atoms with Crippen molar-refractivity contribution in [1.29, 1.82) is 0 Å². The van der Waals surface area contributed by atoms with Gasteiger partial charge in [-0.1, -0.05) is 6.92 Å². The van der Waals surface area contributed by atoms with Crippen molar-refractivity contribution in [3.05, 3.63) is 17.7 Å². The molecule has 1 unspecified atom stereocenters. The third-order valence-electron chi connectivity index (χ3n) is 3.01. The summed E-state index contributed by atoms with van der Waals surface area (Å²) in [4.78, 5) is -0.00523. The maximum absolute atomic E-state index is 12.4. The zero-order valence-electron chi connectivity index (χ0n) is 12.1. The summed E-state index contributed by atoms with van der Waals surface area (Å²) in [6.45, 7) is 3.32. The van der Waals surface area contributed by atoms with Gasteiger partial charge in [-0.3, -0.25) is 0 Å². The smallest absolute Gasteiger partial charge is 0.244 e. The number of methoxy groups -OCH3 is 2. The second kappa shape index (κ2) is 6.92. The molecule has 20 heavy (non-hydrogen) atoms. The molecule has 0 aromatic heterocycles. The number of hydrogen-bond donors (Lipinski definition) is 2. The van der Waals surface area contributed by atoms with Gasteiger partial charge >= 0.3 is 0 Å². The first-order chi connectivity index (χ1) is 9.39. The fourth-order valence-corrected chi connectivity index (χ4v) is 3.24. The number of ether oxygens (including phenoxy) is 2. The van der Waals surface area contributed by atoms with E-state index in [1.165, 1.54) is 20.3 Å². The quantitative estimate of drug-likeness (QED) is 0.787. The highest BCUT2D eigenvalue weighted by atomic mass is 32.2. The molecule has 0 aliphatic carbocycles. The van der Waals surface area contributed by atoms with Crippen LogP contribution in [0.5, 0.6) is 11.5 Å². The largest absolute Gasteiger partial charge is 0.496 e. The van der Waals surface area contributed by atoms with Crippen LogP contribution in [0.25, 0.3) is 0 Å². The minimum Gasteiger partial charge on any atom is -0.496 e. The summed E-state index contributed by atoms with van der Waals surface area (Å²) in [5, 5.41) is 9.12. The van der Waals surface area contributed by atoms with Crippen molar-refractivity contribution in [1.82, 2.24) is 4.72 Å². The van der Waals surface area contributed by atoms with Crippen LogP contribution >= 0.6 is 0 Å². The monoisotopic (exact) mass is 303 g/mol. The lowest BCUT2D eigenvalue weighted by Gasteiger charge is -2.17. The number of aryl methyl sites for hydroxylation is 1. The third kappa shape index (κ3) is 3.62. The topological polar surface area (TPSA) is 84.9 Å². The van der Waals surface area contributed by atoms with E-state index in [1.807, 2.05) is 0 Å². The zero-order chi connectivity index (χ0) is 15.3. The average molecular weight is 303 g/mol. The second-order valence-corrected chi connectivity index (χ2v) is 6.06. The Morgan fingerprint density at radius 3 is 2.30 bits per heavy atom. The molecule has 0 heterocycles. The van der Waals surface area contributed by atoms with Gasteiger partial charge < -0.3 is 14.6 Å². The van der Waals surface area contributed by atoms with Crippen molar-refractivity contribution in [2.75, 3.05) is 20.8 Å². The highest BCUT2D eigenvalue weighted by molar-refractivity contribution is 7.89. The minimum atomic E-state index is -3.79. The molecular weight excluding hydrogens is 282 g/mol. The Labute approximate surface area is 119 Å². The predicted octanol–water partition coefficient (Wildman–Crippen LogP) is 1.06. The molecule has 0 bridgehead atoms. The highest BCUT2D eigenvalue weighted by Gasteiger charge is 2.24. The van der Waals surface area contributed by atoms with E-state index in [2.05, 4.69) is 4.72 Å². The summed E-state index contributed by atoms with van der Waals surface area (Å²) >= 11 is 0. The van der Waals surface area contributed by atoms with Crippen molar-refractivity contribution in [3.8, 4) is 11.5 Å². The molecule has 0 aliphatic rings. The van der Waals surface area contributed by atoms with Crippen molar-refractivity contribution in [3.63, 3.8) is 0 Å². The molecule has 0 saturated heterocycles. The van der Waals surface area contributed by atoms with E-state index in [-0.39, 0.29) is 17.3 Å². The van der Waals surface area contributed by atoms with Crippen molar-refractivity contribution in [2.45, 2.75) is 31.2 Å². The number of hydrogen-bond acceptors (Lipinski definition) is 5. The van der Waals surface area contributed by atoms with Crippen LogP contribution in [-0.4, -0.2) is 40.4 Å². The van der Waals surface area contributed by atoms with Gasteiger partial charge in [0.05, 0.1) is 20.8 Å².